The summed E-state index contributed by atoms with van der Waals surface area (Å²) in [5, 5.41) is 0. The number of anilines is 1. The van der Waals surface area contributed by atoms with E-state index in [1.807, 2.05) is 0 Å². The molecule has 1 saturated heterocycles. The quantitative estimate of drug-likeness (QED) is 0.453. The van der Waals surface area contributed by atoms with E-state index in [0.29, 0.717) is 55.0 Å². The van der Waals surface area contributed by atoms with E-state index in [1.165, 1.54) is 25.6 Å². The highest BCUT2D eigenvalue weighted by Crippen LogP contribution is 2.34. The zero-order chi connectivity index (χ0) is 26.6. The maximum absolute atomic E-state index is 13.1. The second kappa shape index (κ2) is 10.7. The number of nitrogens with one attached hydrogen (secondary N) is 1. The first kappa shape index (κ1) is 26.3. The Hall–Kier alpha value is -3.73. The molecule has 1 aliphatic heterocycles. The van der Waals surface area contributed by atoms with Crippen LogP contribution in [0.2, 0.25) is 0 Å². The molecule has 0 radical (unpaired) electrons. The molecule has 0 bridgehead atoms. The third-order valence-electron chi connectivity index (χ3n) is 6.34. The van der Waals surface area contributed by atoms with Gasteiger partial charge >= 0.3 is 6.16 Å². The number of likely N-dealkylation sites (tertiary alicyclic amines) is 1. The van der Waals surface area contributed by atoms with Crippen molar-refractivity contribution in [1.82, 2.24) is 14.9 Å². The van der Waals surface area contributed by atoms with Crippen LogP contribution in [0.5, 0.6) is 0 Å². The van der Waals surface area contributed by atoms with Gasteiger partial charge in [-0.15, -0.1) is 0 Å². The fraction of sp³-hybridized carbons (Fsp3) is 0.385. The number of para-hydroxylation sites is 1. The van der Waals surface area contributed by atoms with Gasteiger partial charge < -0.3 is 14.4 Å². The van der Waals surface area contributed by atoms with Gasteiger partial charge in [0.2, 0.25) is 0 Å². The molecule has 1 N–H and O–H groups in total. The highest BCUT2D eigenvalue weighted by molar-refractivity contribution is 7.93. The maximum atomic E-state index is 13.1. The summed E-state index contributed by atoms with van der Waals surface area (Å²) in [6.07, 6.45) is 3.93. The SMILES string of the molecule is COC(=O)OC1(CC(C)C)CCN(C(=O)c2ccc(NS(=O)(=O)c3cccc4nccnc34)cc2)CC1. The molecular formula is C26H30N4O6S. The summed E-state index contributed by atoms with van der Waals surface area (Å²) in [4.78, 5) is 35.0. The molecule has 2 aromatic carbocycles. The lowest BCUT2D eigenvalue weighted by Crippen LogP contribution is -2.49. The predicted molar refractivity (Wildman–Crippen MR) is 138 cm³/mol. The van der Waals surface area contributed by atoms with Crippen LogP contribution in [0.4, 0.5) is 10.5 Å². The lowest BCUT2D eigenvalue weighted by atomic mass is 9.83. The van der Waals surface area contributed by atoms with Gasteiger partial charge in [-0.3, -0.25) is 19.5 Å². The van der Waals surface area contributed by atoms with Gasteiger partial charge in [0.25, 0.3) is 15.9 Å². The fourth-order valence-electron chi connectivity index (χ4n) is 4.68. The summed E-state index contributed by atoms with van der Waals surface area (Å²) >= 11 is 0. The van der Waals surface area contributed by atoms with Gasteiger partial charge in [-0.1, -0.05) is 19.9 Å². The number of amides is 1. The molecule has 196 valence electrons. The van der Waals surface area contributed by atoms with Crippen LogP contribution in [-0.2, 0) is 19.5 Å². The van der Waals surface area contributed by atoms with E-state index >= 15 is 0 Å². The van der Waals surface area contributed by atoms with Crippen molar-refractivity contribution >= 4 is 38.8 Å². The summed E-state index contributed by atoms with van der Waals surface area (Å²) in [6.45, 7) is 4.98. The number of hydrogen-bond acceptors (Lipinski definition) is 8. The van der Waals surface area contributed by atoms with E-state index < -0.39 is 21.8 Å². The Labute approximate surface area is 216 Å². The molecule has 2 heterocycles. The Kier molecular flexibility index (Phi) is 7.63. The first-order chi connectivity index (χ1) is 17.6. The van der Waals surface area contributed by atoms with Gasteiger partial charge in [0.05, 0.1) is 12.6 Å². The Bertz CT molecular complexity index is 1380. The number of fused-ring (bicyclic) bond motifs is 1. The number of aromatic nitrogens is 2. The van der Waals surface area contributed by atoms with E-state index in [1.54, 1.807) is 41.3 Å². The van der Waals surface area contributed by atoms with Gasteiger partial charge in [-0.2, -0.15) is 0 Å². The number of hydrogen-bond donors (Lipinski definition) is 1. The Morgan fingerprint density at radius 1 is 1.05 bits per heavy atom. The highest BCUT2D eigenvalue weighted by Gasteiger charge is 2.40. The summed E-state index contributed by atoms with van der Waals surface area (Å²) in [5.74, 6) is 0.138. The number of ether oxygens (including phenoxy) is 2. The molecule has 4 rings (SSSR count). The van der Waals surface area contributed by atoms with Gasteiger partial charge in [-0.25, -0.2) is 13.2 Å². The highest BCUT2D eigenvalue weighted by atomic mass is 32.2. The van der Waals surface area contributed by atoms with E-state index in [-0.39, 0.29) is 16.3 Å². The van der Waals surface area contributed by atoms with Crippen molar-refractivity contribution in [2.75, 3.05) is 24.9 Å². The van der Waals surface area contributed by atoms with Crippen LogP contribution in [0.1, 0.15) is 43.5 Å². The van der Waals surface area contributed by atoms with Crippen LogP contribution in [-0.4, -0.2) is 61.1 Å². The van der Waals surface area contributed by atoms with Crippen molar-refractivity contribution in [1.29, 1.82) is 0 Å². The molecule has 1 amide bonds. The van der Waals surface area contributed by atoms with E-state index in [0.717, 1.165) is 0 Å². The summed E-state index contributed by atoms with van der Waals surface area (Å²) < 4.78 is 38.9. The predicted octanol–water partition coefficient (Wildman–Crippen LogP) is 4.23. The van der Waals surface area contributed by atoms with Gasteiger partial charge in [0.15, 0.2) is 0 Å². The smallest absolute Gasteiger partial charge is 0.438 e. The number of carbonyl (C=O) groups excluding carboxylic acids is 2. The third kappa shape index (κ3) is 5.99. The first-order valence-corrected chi connectivity index (χ1v) is 13.5. The molecule has 0 spiro atoms. The summed E-state index contributed by atoms with van der Waals surface area (Å²) in [6, 6.07) is 11.0. The second-order valence-corrected chi connectivity index (χ2v) is 11.1. The average molecular weight is 527 g/mol. The van der Waals surface area contributed by atoms with Crippen molar-refractivity contribution in [2.45, 2.75) is 43.6 Å². The van der Waals surface area contributed by atoms with Crippen molar-refractivity contribution in [3.63, 3.8) is 0 Å². The molecule has 0 saturated carbocycles. The van der Waals surface area contributed by atoms with Crippen LogP contribution in [0.15, 0.2) is 59.8 Å². The van der Waals surface area contributed by atoms with E-state index in [2.05, 4.69) is 28.5 Å². The van der Waals surface area contributed by atoms with Crippen molar-refractivity contribution in [3.8, 4) is 0 Å². The normalized spacial score (nSPS) is 15.4. The zero-order valence-electron chi connectivity index (χ0n) is 21.0. The van der Waals surface area contributed by atoms with Crippen LogP contribution in [0.25, 0.3) is 11.0 Å². The second-order valence-electron chi connectivity index (χ2n) is 9.49. The van der Waals surface area contributed by atoms with Crippen molar-refractivity contribution < 1.29 is 27.5 Å². The minimum absolute atomic E-state index is 0.0191. The molecular weight excluding hydrogens is 496 g/mol. The van der Waals surface area contributed by atoms with Crippen molar-refractivity contribution in [2.24, 2.45) is 5.92 Å². The number of methoxy groups -OCH3 is 1. The molecule has 10 nitrogen and oxygen atoms in total. The number of nitrogens with zero attached hydrogens (tertiary/aromatic N) is 3. The van der Waals surface area contributed by atoms with Crippen LogP contribution in [0.3, 0.4) is 0 Å². The lowest BCUT2D eigenvalue weighted by Gasteiger charge is -2.41. The number of carbonyl (C=O) groups is 2. The molecule has 1 aliphatic rings. The topological polar surface area (TPSA) is 128 Å². The molecule has 1 fully saturated rings. The number of sulfonamides is 1. The molecule has 37 heavy (non-hydrogen) atoms. The molecule has 1 aromatic heterocycles. The van der Waals surface area contributed by atoms with Crippen LogP contribution < -0.4 is 4.72 Å². The number of piperidine rings is 1. The fourth-order valence-corrected chi connectivity index (χ4v) is 5.91. The monoisotopic (exact) mass is 526 g/mol. The minimum Gasteiger partial charge on any atom is -0.438 e. The molecule has 0 unspecified atom stereocenters. The third-order valence-corrected chi connectivity index (χ3v) is 7.76. The molecule has 3 aromatic rings. The molecule has 11 heteroatoms. The summed E-state index contributed by atoms with van der Waals surface area (Å²) in [7, 11) is -2.65. The van der Waals surface area contributed by atoms with Gasteiger partial charge in [0, 0.05) is 49.6 Å². The summed E-state index contributed by atoms with van der Waals surface area (Å²) in [5.41, 5.74) is 0.843. The first-order valence-electron chi connectivity index (χ1n) is 12.0. The van der Waals surface area contributed by atoms with Gasteiger partial charge in [-0.05, 0) is 48.7 Å². The van der Waals surface area contributed by atoms with Crippen LogP contribution in [0, 0.1) is 5.92 Å². The lowest BCUT2D eigenvalue weighted by molar-refractivity contribution is -0.0684. The van der Waals surface area contributed by atoms with Crippen LogP contribution >= 0.6 is 0 Å². The van der Waals surface area contributed by atoms with E-state index in [4.69, 9.17) is 9.47 Å². The average Bonchev–Trinajstić information content (AvgIpc) is 2.88. The number of rotatable bonds is 7. The minimum atomic E-state index is -3.93. The Morgan fingerprint density at radius 3 is 2.38 bits per heavy atom. The maximum Gasteiger partial charge on any atom is 0.508 e. The van der Waals surface area contributed by atoms with Crippen molar-refractivity contribution in [3.05, 3.63) is 60.4 Å². The Morgan fingerprint density at radius 2 is 1.73 bits per heavy atom. The standard InChI is InChI=1S/C26H30N4O6S/c1-18(2)17-26(36-25(32)35-3)11-15-30(16-12-26)24(31)19-7-9-20(10-8-19)29-37(33,34)22-6-4-5-21-23(22)28-14-13-27-21/h4-10,13-14,18,29H,11-12,15-17H2,1-3H3. The Balaban J connectivity index is 1.44. The molecule has 0 aliphatic carbocycles. The van der Waals surface area contributed by atoms with E-state index in [9.17, 15) is 18.0 Å². The molecule has 0 atom stereocenters. The largest absolute Gasteiger partial charge is 0.508 e. The van der Waals surface area contributed by atoms with Gasteiger partial charge in [0.1, 0.15) is 16.0 Å². The number of benzene rings is 2. The zero-order valence-corrected chi connectivity index (χ0v) is 21.8.